The predicted octanol–water partition coefficient (Wildman–Crippen LogP) is -2.34. The second-order valence-electron chi connectivity index (χ2n) is 1.85. The molecule has 1 aromatic heterocycles. The van der Waals surface area contributed by atoms with E-state index in [2.05, 4.69) is 15.7 Å². The Morgan fingerprint density at radius 3 is 3.00 bits per heavy atom. The van der Waals surface area contributed by atoms with Crippen LogP contribution in [0.1, 0.15) is 0 Å². The van der Waals surface area contributed by atoms with Crippen LogP contribution in [0.5, 0.6) is 0 Å². The van der Waals surface area contributed by atoms with Crippen LogP contribution in [-0.2, 0) is 0 Å². The molecule has 48 valence electrons. The summed E-state index contributed by atoms with van der Waals surface area (Å²) in [6.45, 7) is 0. The van der Waals surface area contributed by atoms with Crippen LogP contribution in [-0.4, -0.2) is 25.1 Å². The minimum atomic E-state index is -0.200. The molecular weight excluding hydrogens is 144 g/mol. The van der Waals surface area contributed by atoms with Gasteiger partial charge in [0.1, 0.15) is 9.68 Å². The van der Waals surface area contributed by atoms with Crippen molar-refractivity contribution in [2.45, 2.75) is 0 Å². The second-order valence-corrected chi connectivity index (χ2v) is 5.76. The van der Waals surface area contributed by atoms with Crippen molar-refractivity contribution in [3.63, 3.8) is 0 Å². The Labute approximate surface area is 60.1 Å². The quantitative estimate of drug-likeness (QED) is 0.483. The highest BCUT2D eigenvalue weighted by molar-refractivity contribution is 6.55. The third-order valence-electron chi connectivity index (χ3n) is 1.08. The van der Waals surface area contributed by atoms with Crippen LogP contribution in [0.4, 0.5) is 0 Å². The average molecular weight is 154 g/mol. The van der Waals surface area contributed by atoms with Crippen LogP contribution in [0.25, 0.3) is 0 Å². The molecule has 0 amide bonds. The monoisotopic (exact) mass is 154 g/mol. The zero-order valence-electron chi connectivity index (χ0n) is 5.46. The molecule has 0 unspecified atom stereocenters. The lowest BCUT2D eigenvalue weighted by molar-refractivity contribution is 1.37. The van der Waals surface area contributed by atoms with Gasteiger partial charge >= 0.3 is 0 Å². The highest BCUT2D eigenvalue weighted by atomic mass is 28.3. The van der Waals surface area contributed by atoms with Crippen molar-refractivity contribution in [1.29, 1.82) is 0 Å². The molecule has 0 atom stereocenters. The molecule has 0 aliphatic carbocycles. The zero-order valence-corrected chi connectivity index (χ0v) is 8.88. The molecular formula is C5H10N2Si2. The Kier molecular flexibility index (Phi) is 2.62. The van der Waals surface area contributed by atoms with Crippen molar-refractivity contribution >= 4 is 25.4 Å². The molecule has 2 nitrogen and oxygen atoms in total. The zero-order chi connectivity index (χ0) is 6.53. The summed E-state index contributed by atoms with van der Waals surface area (Å²) in [5.74, 6) is 0. The molecule has 0 aliphatic rings. The third-order valence-corrected chi connectivity index (χ3v) is 3.28. The van der Waals surface area contributed by atoms with Crippen molar-refractivity contribution in [3.05, 3.63) is 24.4 Å². The van der Waals surface area contributed by atoms with Crippen molar-refractivity contribution < 1.29 is 0 Å². The Hall–Kier alpha value is -0.456. The van der Waals surface area contributed by atoms with E-state index < -0.39 is 0 Å². The summed E-state index contributed by atoms with van der Waals surface area (Å²) < 4.78 is 3.30. The number of nitrogens with one attached hydrogen (secondary N) is 1. The highest BCUT2D eigenvalue weighted by Gasteiger charge is 1.86. The molecule has 1 N–H and O–H groups in total. The molecule has 0 radical (unpaired) electrons. The maximum atomic E-state index is 4.19. The van der Waals surface area contributed by atoms with E-state index in [1.807, 2.05) is 18.3 Å². The van der Waals surface area contributed by atoms with E-state index in [0.717, 1.165) is 10.4 Å². The van der Waals surface area contributed by atoms with Crippen molar-refractivity contribution in [2.24, 2.45) is 0 Å². The van der Waals surface area contributed by atoms with Crippen molar-refractivity contribution in [1.82, 2.24) is 9.63 Å². The fourth-order valence-electron chi connectivity index (χ4n) is 0.684. The van der Waals surface area contributed by atoms with Gasteiger partial charge in [0.05, 0.1) is 10.4 Å². The van der Waals surface area contributed by atoms with Gasteiger partial charge in [-0.05, 0) is 12.1 Å². The van der Waals surface area contributed by atoms with E-state index in [1.165, 1.54) is 5.32 Å². The Morgan fingerprint density at radius 1 is 1.56 bits per heavy atom. The van der Waals surface area contributed by atoms with Crippen molar-refractivity contribution in [2.75, 3.05) is 0 Å². The van der Waals surface area contributed by atoms with Crippen LogP contribution in [0, 0.1) is 0 Å². The normalized spacial score (nSPS) is 11.1. The lowest BCUT2D eigenvalue weighted by Crippen LogP contribution is -2.30. The Morgan fingerprint density at radius 2 is 2.44 bits per heavy atom. The van der Waals surface area contributed by atoms with Crippen LogP contribution in [0.15, 0.2) is 24.4 Å². The number of pyridine rings is 1. The highest BCUT2D eigenvalue weighted by Crippen LogP contribution is 1.72. The van der Waals surface area contributed by atoms with E-state index in [1.54, 1.807) is 0 Å². The van der Waals surface area contributed by atoms with Crippen LogP contribution >= 0.6 is 0 Å². The smallest absolute Gasteiger partial charge is 0.140 e. The van der Waals surface area contributed by atoms with Gasteiger partial charge in [-0.2, -0.15) is 0 Å². The number of rotatable bonds is 2. The molecule has 1 rings (SSSR count). The molecule has 0 saturated heterocycles. The topological polar surface area (TPSA) is 24.9 Å². The minimum absolute atomic E-state index is 0.200. The SMILES string of the molecule is [SiH3]N[SiH2]c1ccccn1. The molecule has 0 aliphatic heterocycles. The van der Waals surface area contributed by atoms with Crippen LogP contribution < -0.4 is 9.97 Å². The van der Waals surface area contributed by atoms with E-state index in [-0.39, 0.29) is 9.68 Å². The number of aromatic nitrogens is 1. The standard InChI is InChI=1S/C5H10N2Si2/c8-7-9-5-3-1-2-4-6-5/h1-4,7H,9H2,8H3. The van der Waals surface area contributed by atoms with E-state index in [0.29, 0.717) is 0 Å². The van der Waals surface area contributed by atoms with Crippen LogP contribution in [0.2, 0.25) is 0 Å². The van der Waals surface area contributed by atoms with E-state index >= 15 is 0 Å². The van der Waals surface area contributed by atoms with Crippen molar-refractivity contribution in [3.8, 4) is 0 Å². The van der Waals surface area contributed by atoms with Gasteiger partial charge in [-0.1, -0.05) is 6.07 Å². The van der Waals surface area contributed by atoms with Crippen LogP contribution in [0.3, 0.4) is 0 Å². The molecule has 1 aromatic rings. The summed E-state index contributed by atoms with van der Waals surface area (Å²) in [5, 5.41) is 1.26. The van der Waals surface area contributed by atoms with Gasteiger partial charge in [0.25, 0.3) is 0 Å². The summed E-state index contributed by atoms with van der Waals surface area (Å²) in [5.41, 5.74) is 0. The average Bonchev–Trinajstić information content (AvgIpc) is 1.91. The van der Waals surface area contributed by atoms with Gasteiger partial charge in [-0.3, -0.25) is 4.98 Å². The van der Waals surface area contributed by atoms with E-state index in [9.17, 15) is 0 Å². The largest absolute Gasteiger partial charge is 0.367 e. The molecule has 0 fully saturated rings. The first-order valence-electron chi connectivity index (χ1n) is 2.98. The third kappa shape index (κ3) is 2.09. The Bertz CT molecular complexity index is 166. The number of nitrogens with zero attached hydrogens (tertiary/aromatic N) is 1. The van der Waals surface area contributed by atoms with Gasteiger partial charge in [0.15, 0.2) is 0 Å². The van der Waals surface area contributed by atoms with E-state index in [4.69, 9.17) is 0 Å². The Balaban J connectivity index is 2.61. The first-order chi connectivity index (χ1) is 4.43. The second kappa shape index (κ2) is 3.55. The lowest BCUT2D eigenvalue weighted by Gasteiger charge is -1.93. The summed E-state index contributed by atoms with van der Waals surface area (Å²) in [7, 11) is 0.895. The van der Waals surface area contributed by atoms with Gasteiger partial charge < -0.3 is 4.65 Å². The first kappa shape index (κ1) is 6.66. The molecule has 1 heterocycles. The summed E-state index contributed by atoms with van der Waals surface area (Å²) in [6, 6.07) is 6.07. The molecule has 0 spiro atoms. The maximum Gasteiger partial charge on any atom is 0.140 e. The van der Waals surface area contributed by atoms with Gasteiger partial charge in [0.2, 0.25) is 0 Å². The predicted molar refractivity (Wildman–Crippen MR) is 45.5 cm³/mol. The fraction of sp³-hybridized carbons (Fsp3) is 0. The molecule has 4 heteroatoms. The van der Waals surface area contributed by atoms with Gasteiger partial charge in [-0.15, -0.1) is 0 Å². The number of hydrogen-bond donors (Lipinski definition) is 1. The maximum absolute atomic E-state index is 4.19. The summed E-state index contributed by atoms with van der Waals surface area (Å²) in [6.07, 6.45) is 1.85. The van der Waals surface area contributed by atoms with Gasteiger partial charge in [-0.25, -0.2) is 0 Å². The fourth-order valence-corrected chi connectivity index (χ4v) is 2.58. The minimum Gasteiger partial charge on any atom is -0.367 e. The lowest BCUT2D eigenvalue weighted by atomic mass is 10.5. The molecule has 0 bridgehead atoms. The molecule has 9 heavy (non-hydrogen) atoms. The number of hydrogen-bond acceptors (Lipinski definition) is 2. The molecule has 0 saturated carbocycles. The van der Waals surface area contributed by atoms with Gasteiger partial charge in [0, 0.05) is 11.5 Å². The summed E-state index contributed by atoms with van der Waals surface area (Å²) >= 11 is 0. The molecule has 0 aromatic carbocycles. The summed E-state index contributed by atoms with van der Waals surface area (Å²) in [4.78, 5) is 4.19. The first-order valence-corrected chi connectivity index (χ1v) is 5.39.